The van der Waals surface area contributed by atoms with Gasteiger partial charge >= 0.3 is 0 Å². The average molecular weight is 656 g/mol. The van der Waals surface area contributed by atoms with Crippen molar-refractivity contribution in [3.63, 3.8) is 0 Å². The van der Waals surface area contributed by atoms with Crippen LogP contribution in [0.4, 0.5) is 11.6 Å². The van der Waals surface area contributed by atoms with Gasteiger partial charge in [-0.15, -0.1) is 5.10 Å². The Bertz CT molecular complexity index is 1520. The van der Waals surface area contributed by atoms with Crippen molar-refractivity contribution in [2.75, 3.05) is 43.2 Å². The molecule has 0 saturated carbocycles. The number of benzene rings is 2. The molecule has 10 nitrogen and oxygen atoms in total. The van der Waals surface area contributed by atoms with Crippen molar-refractivity contribution >= 4 is 51.1 Å². The highest BCUT2D eigenvalue weighted by molar-refractivity contribution is 9.10. The predicted octanol–water partition coefficient (Wildman–Crippen LogP) is 5.79. The molecule has 0 bridgehead atoms. The summed E-state index contributed by atoms with van der Waals surface area (Å²) in [5.74, 6) is 1.90. The van der Waals surface area contributed by atoms with Gasteiger partial charge in [-0.25, -0.2) is 4.68 Å². The molecule has 0 radical (unpaired) electrons. The summed E-state index contributed by atoms with van der Waals surface area (Å²) in [6.45, 7) is 7.30. The summed E-state index contributed by atoms with van der Waals surface area (Å²) in [5, 5.41) is 11.7. The summed E-state index contributed by atoms with van der Waals surface area (Å²) >= 11 is 5.17. The second kappa shape index (κ2) is 13.2. The Labute approximate surface area is 258 Å². The molecule has 1 atom stereocenters. The summed E-state index contributed by atoms with van der Waals surface area (Å²) in [6, 6.07) is 10.8. The quantitative estimate of drug-likeness (QED) is 0.279. The molecule has 42 heavy (non-hydrogen) atoms. The van der Waals surface area contributed by atoms with Gasteiger partial charge in [0.2, 0.25) is 11.1 Å². The van der Waals surface area contributed by atoms with E-state index in [0.717, 1.165) is 49.2 Å². The third kappa shape index (κ3) is 6.44. The van der Waals surface area contributed by atoms with Crippen molar-refractivity contribution in [1.82, 2.24) is 19.7 Å². The predicted molar refractivity (Wildman–Crippen MR) is 167 cm³/mol. The number of nitrogens with zero attached hydrogens (tertiary/aromatic N) is 4. The van der Waals surface area contributed by atoms with E-state index in [0.29, 0.717) is 44.0 Å². The molecule has 0 aliphatic carbocycles. The lowest BCUT2D eigenvalue weighted by atomic mass is 9.94. The van der Waals surface area contributed by atoms with Gasteiger partial charge in [0.15, 0.2) is 18.1 Å². The lowest BCUT2D eigenvalue weighted by Gasteiger charge is -2.29. The number of aromatic nitrogens is 3. The molecule has 2 aliphatic rings. The number of thioether (sulfide) groups is 1. The minimum absolute atomic E-state index is 0.0482. The largest absolute Gasteiger partial charge is 0.493 e. The average Bonchev–Trinajstić information content (AvgIpc) is 3.37. The lowest BCUT2D eigenvalue weighted by Crippen LogP contribution is -2.38. The van der Waals surface area contributed by atoms with Crippen molar-refractivity contribution in [2.24, 2.45) is 0 Å². The number of halogens is 1. The lowest BCUT2D eigenvalue weighted by molar-refractivity contribution is -0.134. The number of ether oxygens (including phenoxy) is 2. The summed E-state index contributed by atoms with van der Waals surface area (Å²) in [6.07, 6.45) is 3.17. The maximum atomic E-state index is 13.9. The second-order valence-corrected chi connectivity index (χ2v) is 12.3. The number of anilines is 2. The fraction of sp³-hybridized carbons (Fsp3) is 0.400. The molecule has 222 valence electrons. The van der Waals surface area contributed by atoms with Gasteiger partial charge in [0, 0.05) is 24.5 Å². The minimum atomic E-state index is -0.612. The van der Waals surface area contributed by atoms with E-state index in [1.54, 1.807) is 11.8 Å². The van der Waals surface area contributed by atoms with Gasteiger partial charge in [0.25, 0.3) is 11.8 Å². The molecule has 1 saturated heterocycles. The van der Waals surface area contributed by atoms with Gasteiger partial charge in [0.05, 0.1) is 17.2 Å². The monoisotopic (exact) mass is 654 g/mol. The number of nitrogens with one attached hydrogen (secondary N) is 2. The molecule has 2 aromatic carbocycles. The Hall–Kier alpha value is -3.51. The first-order valence-electron chi connectivity index (χ1n) is 14.0. The number of methoxy groups -OCH3 is 1. The number of carbonyl (C=O) groups excluding carboxylic acids is 2. The van der Waals surface area contributed by atoms with Gasteiger partial charge in [-0.2, -0.15) is 4.98 Å². The molecule has 3 aromatic rings. The van der Waals surface area contributed by atoms with E-state index < -0.39 is 6.04 Å². The highest BCUT2D eigenvalue weighted by atomic mass is 79.9. The molecule has 2 aliphatic heterocycles. The van der Waals surface area contributed by atoms with Crippen LogP contribution in [0.25, 0.3) is 0 Å². The third-order valence-corrected chi connectivity index (χ3v) is 8.55. The van der Waals surface area contributed by atoms with Crippen LogP contribution in [0.2, 0.25) is 0 Å². The molecule has 5 rings (SSSR count). The number of piperidine rings is 1. The van der Waals surface area contributed by atoms with Gasteiger partial charge in [-0.1, -0.05) is 30.8 Å². The minimum Gasteiger partial charge on any atom is -0.493 e. The van der Waals surface area contributed by atoms with Crippen LogP contribution < -0.4 is 20.1 Å². The van der Waals surface area contributed by atoms with E-state index in [-0.39, 0.29) is 18.4 Å². The molecule has 3 heterocycles. The van der Waals surface area contributed by atoms with E-state index in [1.807, 2.05) is 62.1 Å². The van der Waals surface area contributed by atoms with Crippen LogP contribution in [0.5, 0.6) is 11.5 Å². The SMILES string of the molecule is CCSc1nc2n(n1)C(c1cc(Br)c(OCC(=O)N3CCCCC3)c(OC)c1)C(C(=O)Nc1cccc(C)c1)=C(C)N2. The molecule has 2 amide bonds. The molecule has 1 unspecified atom stereocenters. The van der Waals surface area contributed by atoms with Gasteiger partial charge in [0.1, 0.15) is 6.04 Å². The number of fused-ring (bicyclic) bond motifs is 1. The van der Waals surface area contributed by atoms with E-state index in [1.165, 1.54) is 11.8 Å². The smallest absolute Gasteiger partial charge is 0.260 e. The van der Waals surface area contributed by atoms with E-state index in [2.05, 4.69) is 31.5 Å². The van der Waals surface area contributed by atoms with Gasteiger partial charge in [-0.3, -0.25) is 9.59 Å². The normalized spacial score (nSPS) is 16.5. The summed E-state index contributed by atoms with van der Waals surface area (Å²) in [4.78, 5) is 33.2. The van der Waals surface area contributed by atoms with Crippen LogP contribution in [0.1, 0.15) is 50.3 Å². The van der Waals surface area contributed by atoms with Crippen molar-refractivity contribution in [3.05, 3.63) is 63.3 Å². The fourth-order valence-electron chi connectivity index (χ4n) is 5.25. The van der Waals surface area contributed by atoms with Crippen molar-refractivity contribution in [1.29, 1.82) is 0 Å². The molecule has 1 fully saturated rings. The maximum absolute atomic E-state index is 13.9. The van der Waals surface area contributed by atoms with E-state index >= 15 is 0 Å². The van der Waals surface area contributed by atoms with Crippen LogP contribution in [-0.4, -0.2) is 64.0 Å². The van der Waals surface area contributed by atoms with Crippen LogP contribution >= 0.6 is 27.7 Å². The van der Waals surface area contributed by atoms with Gasteiger partial charge < -0.3 is 25.0 Å². The highest BCUT2D eigenvalue weighted by Crippen LogP contribution is 2.43. The molecule has 0 spiro atoms. The first kappa shape index (κ1) is 30.0. The Morgan fingerprint density at radius 1 is 1.17 bits per heavy atom. The summed E-state index contributed by atoms with van der Waals surface area (Å²) < 4.78 is 14.1. The first-order valence-corrected chi connectivity index (χ1v) is 15.8. The zero-order chi connectivity index (χ0) is 29.8. The number of carbonyl (C=O) groups is 2. The van der Waals surface area contributed by atoms with Crippen LogP contribution in [0, 0.1) is 6.92 Å². The van der Waals surface area contributed by atoms with Crippen molar-refractivity contribution < 1.29 is 19.1 Å². The van der Waals surface area contributed by atoms with Crippen LogP contribution in [0.3, 0.4) is 0 Å². The molecular weight excluding hydrogens is 620 g/mol. The number of rotatable bonds is 9. The van der Waals surface area contributed by atoms with Gasteiger partial charge in [-0.05, 0) is 90.2 Å². The van der Waals surface area contributed by atoms with E-state index in [4.69, 9.17) is 14.6 Å². The zero-order valence-corrected chi connectivity index (χ0v) is 26.6. The number of hydrogen-bond acceptors (Lipinski definition) is 8. The van der Waals surface area contributed by atoms with Crippen LogP contribution in [0.15, 0.2) is 57.3 Å². The number of hydrogen-bond donors (Lipinski definition) is 2. The Balaban J connectivity index is 1.50. The number of likely N-dealkylation sites (tertiary alicyclic amines) is 1. The molecule has 12 heteroatoms. The first-order chi connectivity index (χ1) is 20.3. The Morgan fingerprint density at radius 3 is 2.67 bits per heavy atom. The molecular formula is C30H35BrN6O4S. The zero-order valence-electron chi connectivity index (χ0n) is 24.2. The maximum Gasteiger partial charge on any atom is 0.260 e. The second-order valence-electron chi connectivity index (χ2n) is 10.2. The topological polar surface area (TPSA) is 111 Å². The van der Waals surface area contributed by atoms with Crippen molar-refractivity contribution in [2.45, 2.75) is 51.2 Å². The molecule has 2 N–H and O–H groups in total. The summed E-state index contributed by atoms with van der Waals surface area (Å²) in [5.41, 5.74) is 3.64. The molecule has 1 aromatic heterocycles. The van der Waals surface area contributed by atoms with E-state index in [9.17, 15) is 9.59 Å². The third-order valence-electron chi connectivity index (χ3n) is 7.24. The fourth-order valence-corrected chi connectivity index (χ4v) is 6.38. The summed E-state index contributed by atoms with van der Waals surface area (Å²) in [7, 11) is 1.55. The number of amides is 2. The highest BCUT2D eigenvalue weighted by Gasteiger charge is 2.35. The van der Waals surface area contributed by atoms with Crippen molar-refractivity contribution in [3.8, 4) is 11.5 Å². The van der Waals surface area contributed by atoms with Crippen LogP contribution in [-0.2, 0) is 9.59 Å². The number of allylic oxidation sites excluding steroid dienone is 1. The standard InChI is InChI=1S/C30H35BrN6O4S/c1-5-42-30-34-29-32-19(3)25(28(39)33-21-11-9-10-18(2)14-21)26(37(29)35-30)20-15-22(31)27(23(16-20)40-4)41-17-24(38)36-12-7-6-8-13-36/h9-11,14-16,26H,5-8,12-13,17H2,1-4H3,(H,33,39)(H,32,34,35). The number of aryl methyl sites for hydroxylation is 1. The Kier molecular flexibility index (Phi) is 9.42. The Morgan fingerprint density at radius 2 is 1.95 bits per heavy atom.